The molecule has 122 valence electrons. The van der Waals surface area contributed by atoms with Crippen LogP contribution in [0.5, 0.6) is 5.75 Å². The van der Waals surface area contributed by atoms with E-state index in [1.54, 1.807) is 7.11 Å². The van der Waals surface area contributed by atoms with Crippen LogP contribution >= 0.6 is 0 Å². The number of likely N-dealkylation sites (tertiary alicyclic amines) is 1. The average molecular weight is 305 g/mol. The van der Waals surface area contributed by atoms with E-state index in [2.05, 4.69) is 34.3 Å². The minimum Gasteiger partial charge on any atom is -0.497 e. The smallest absolute Gasteiger partial charge is 0.194 e. The summed E-state index contributed by atoms with van der Waals surface area (Å²) in [5.74, 6) is 1.82. The lowest BCUT2D eigenvalue weighted by Gasteiger charge is -2.20. The van der Waals surface area contributed by atoms with Crippen molar-refractivity contribution in [3.8, 4) is 5.75 Å². The highest BCUT2D eigenvalue weighted by molar-refractivity contribution is 5.80. The van der Waals surface area contributed by atoms with Gasteiger partial charge in [0.2, 0.25) is 0 Å². The third kappa shape index (κ3) is 4.91. The Morgan fingerprint density at radius 2 is 2.18 bits per heavy atom. The Hall–Kier alpha value is -1.75. The number of nitrogens with one attached hydrogen (secondary N) is 1. The number of rotatable bonds is 6. The number of hydrogen-bond acceptors (Lipinski definition) is 3. The SMILES string of the molecule is CCNC(=NCCCc1ccc(OC)cc1)N1CC[C@@H](O)C1. The lowest BCUT2D eigenvalue weighted by Crippen LogP contribution is -2.40. The predicted molar refractivity (Wildman–Crippen MR) is 89.5 cm³/mol. The summed E-state index contributed by atoms with van der Waals surface area (Å²) in [6.07, 6.45) is 2.63. The number of β-amino-alcohol motifs (C(OH)–C–C–N with tert-alkyl or cyclic N) is 1. The van der Waals surface area contributed by atoms with E-state index in [1.807, 2.05) is 12.1 Å². The maximum Gasteiger partial charge on any atom is 0.194 e. The molecule has 0 radical (unpaired) electrons. The summed E-state index contributed by atoms with van der Waals surface area (Å²) in [7, 11) is 1.68. The van der Waals surface area contributed by atoms with Gasteiger partial charge in [-0.1, -0.05) is 12.1 Å². The molecule has 1 heterocycles. The van der Waals surface area contributed by atoms with E-state index in [-0.39, 0.29) is 6.10 Å². The third-order valence-corrected chi connectivity index (χ3v) is 3.84. The Morgan fingerprint density at radius 1 is 1.41 bits per heavy atom. The van der Waals surface area contributed by atoms with Crippen molar-refractivity contribution in [2.24, 2.45) is 4.99 Å². The number of aliphatic hydroxyl groups excluding tert-OH is 1. The molecule has 0 spiro atoms. The largest absolute Gasteiger partial charge is 0.497 e. The maximum absolute atomic E-state index is 9.65. The number of ether oxygens (including phenoxy) is 1. The second-order valence-corrected chi connectivity index (χ2v) is 5.58. The van der Waals surface area contributed by atoms with Gasteiger partial charge in [-0.15, -0.1) is 0 Å². The molecule has 0 aliphatic carbocycles. The molecular weight excluding hydrogens is 278 g/mol. The lowest BCUT2D eigenvalue weighted by atomic mass is 10.1. The van der Waals surface area contributed by atoms with Gasteiger partial charge in [0.05, 0.1) is 13.2 Å². The van der Waals surface area contributed by atoms with Crippen LogP contribution in [0.3, 0.4) is 0 Å². The van der Waals surface area contributed by atoms with Gasteiger partial charge in [-0.25, -0.2) is 0 Å². The Balaban J connectivity index is 1.80. The molecule has 0 aromatic heterocycles. The average Bonchev–Trinajstić information content (AvgIpc) is 2.97. The predicted octanol–water partition coefficient (Wildman–Crippen LogP) is 1.66. The molecule has 1 fully saturated rings. The molecule has 1 aromatic rings. The van der Waals surface area contributed by atoms with Gasteiger partial charge < -0.3 is 20.1 Å². The van der Waals surface area contributed by atoms with Crippen molar-refractivity contribution in [1.82, 2.24) is 10.2 Å². The zero-order valence-corrected chi connectivity index (χ0v) is 13.6. The first-order valence-corrected chi connectivity index (χ1v) is 8.07. The van der Waals surface area contributed by atoms with E-state index in [4.69, 9.17) is 4.74 Å². The second kappa shape index (κ2) is 8.63. The first-order chi connectivity index (χ1) is 10.7. The first kappa shape index (κ1) is 16.6. The van der Waals surface area contributed by atoms with Gasteiger partial charge in [-0.2, -0.15) is 0 Å². The number of hydrogen-bond donors (Lipinski definition) is 2. The molecule has 5 nitrogen and oxygen atoms in total. The van der Waals surface area contributed by atoms with Crippen molar-refractivity contribution < 1.29 is 9.84 Å². The van der Waals surface area contributed by atoms with Crippen LogP contribution in [0, 0.1) is 0 Å². The number of nitrogens with zero attached hydrogens (tertiary/aromatic N) is 2. The monoisotopic (exact) mass is 305 g/mol. The van der Waals surface area contributed by atoms with Crippen LogP contribution in [0.15, 0.2) is 29.3 Å². The summed E-state index contributed by atoms with van der Waals surface area (Å²) in [6.45, 7) is 5.28. The Morgan fingerprint density at radius 3 is 2.77 bits per heavy atom. The number of aliphatic hydroxyl groups is 1. The Bertz CT molecular complexity index is 473. The van der Waals surface area contributed by atoms with Crippen LogP contribution < -0.4 is 10.1 Å². The standard InChI is InChI=1S/C17H27N3O2/c1-3-18-17(20-12-10-15(21)13-20)19-11-4-5-14-6-8-16(22-2)9-7-14/h6-9,15,21H,3-5,10-13H2,1-2H3,(H,18,19)/t15-/m1/s1. The third-order valence-electron chi connectivity index (χ3n) is 3.84. The van der Waals surface area contributed by atoms with Gasteiger partial charge in [-0.3, -0.25) is 4.99 Å². The van der Waals surface area contributed by atoms with Gasteiger partial charge in [0.25, 0.3) is 0 Å². The highest BCUT2D eigenvalue weighted by Gasteiger charge is 2.22. The number of methoxy groups -OCH3 is 1. The Labute approximate surface area is 133 Å². The van der Waals surface area contributed by atoms with E-state index in [0.29, 0.717) is 6.54 Å². The summed E-state index contributed by atoms with van der Waals surface area (Å²) in [4.78, 5) is 6.81. The fourth-order valence-electron chi connectivity index (χ4n) is 2.62. The molecule has 0 unspecified atom stereocenters. The minimum absolute atomic E-state index is 0.219. The highest BCUT2D eigenvalue weighted by Crippen LogP contribution is 2.13. The summed E-state index contributed by atoms with van der Waals surface area (Å²) in [5, 5.41) is 13.0. The molecule has 1 saturated heterocycles. The highest BCUT2D eigenvalue weighted by atomic mass is 16.5. The topological polar surface area (TPSA) is 57.1 Å². The van der Waals surface area contributed by atoms with Crippen LogP contribution in [0.2, 0.25) is 0 Å². The van der Waals surface area contributed by atoms with E-state index < -0.39 is 0 Å². The lowest BCUT2D eigenvalue weighted by molar-refractivity contribution is 0.188. The summed E-state index contributed by atoms with van der Waals surface area (Å²) in [5.41, 5.74) is 1.30. The quantitative estimate of drug-likeness (QED) is 0.477. The molecule has 1 atom stereocenters. The van der Waals surface area contributed by atoms with Crippen LogP contribution in [-0.2, 0) is 6.42 Å². The summed E-state index contributed by atoms with van der Waals surface area (Å²) < 4.78 is 5.16. The summed E-state index contributed by atoms with van der Waals surface area (Å²) >= 11 is 0. The Kier molecular flexibility index (Phi) is 6.52. The van der Waals surface area contributed by atoms with Crippen molar-refractivity contribution in [3.05, 3.63) is 29.8 Å². The number of aliphatic imine (C=N–C) groups is 1. The second-order valence-electron chi connectivity index (χ2n) is 5.58. The van der Waals surface area contributed by atoms with Gasteiger partial charge in [0.15, 0.2) is 5.96 Å². The van der Waals surface area contributed by atoms with E-state index in [9.17, 15) is 5.11 Å². The van der Waals surface area contributed by atoms with E-state index >= 15 is 0 Å². The molecule has 0 saturated carbocycles. The van der Waals surface area contributed by atoms with E-state index in [0.717, 1.165) is 50.6 Å². The molecule has 2 rings (SSSR count). The molecule has 0 bridgehead atoms. The van der Waals surface area contributed by atoms with Crippen LogP contribution in [0.1, 0.15) is 25.3 Å². The zero-order chi connectivity index (χ0) is 15.8. The molecule has 0 amide bonds. The van der Waals surface area contributed by atoms with Crippen molar-refractivity contribution in [2.45, 2.75) is 32.3 Å². The molecule has 1 aliphatic heterocycles. The van der Waals surface area contributed by atoms with Crippen molar-refractivity contribution >= 4 is 5.96 Å². The van der Waals surface area contributed by atoms with Crippen molar-refractivity contribution in [1.29, 1.82) is 0 Å². The molecule has 2 N–H and O–H groups in total. The molecule has 1 aliphatic rings. The minimum atomic E-state index is -0.219. The maximum atomic E-state index is 9.65. The number of benzene rings is 1. The zero-order valence-electron chi connectivity index (χ0n) is 13.6. The number of guanidine groups is 1. The summed E-state index contributed by atoms with van der Waals surface area (Å²) in [6, 6.07) is 8.19. The van der Waals surface area contributed by atoms with E-state index in [1.165, 1.54) is 5.56 Å². The van der Waals surface area contributed by atoms with Crippen LogP contribution in [-0.4, -0.2) is 55.4 Å². The van der Waals surface area contributed by atoms with Crippen molar-refractivity contribution in [3.63, 3.8) is 0 Å². The van der Waals surface area contributed by atoms with Crippen molar-refractivity contribution in [2.75, 3.05) is 33.3 Å². The molecule has 1 aromatic carbocycles. The fourth-order valence-corrected chi connectivity index (χ4v) is 2.62. The molecular formula is C17H27N3O2. The van der Waals surface area contributed by atoms with Crippen LogP contribution in [0.25, 0.3) is 0 Å². The van der Waals surface area contributed by atoms with Gasteiger partial charge in [0, 0.05) is 26.2 Å². The normalized spacial score (nSPS) is 18.6. The van der Waals surface area contributed by atoms with Gasteiger partial charge in [-0.05, 0) is 43.9 Å². The fraction of sp³-hybridized carbons (Fsp3) is 0.588. The van der Waals surface area contributed by atoms with Gasteiger partial charge >= 0.3 is 0 Å². The first-order valence-electron chi connectivity index (χ1n) is 8.07. The molecule has 22 heavy (non-hydrogen) atoms. The molecule has 5 heteroatoms. The number of aryl methyl sites for hydroxylation is 1. The van der Waals surface area contributed by atoms with Crippen LogP contribution in [0.4, 0.5) is 0 Å². The van der Waals surface area contributed by atoms with Gasteiger partial charge in [0.1, 0.15) is 5.75 Å².